The van der Waals surface area contributed by atoms with Crippen LogP contribution >= 0.6 is 11.8 Å². The summed E-state index contributed by atoms with van der Waals surface area (Å²) in [6, 6.07) is 15.1. The molecule has 1 N–H and O–H groups in total. The maximum absolute atomic E-state index is 12.8. The van der Waals surface area contributed by atoms with E-state index in [1.807, 2.05) is 62.4 Å². The van der Waals surface area contributed by atoms with E-state index in [1.54, 1.807) is 23.6 Å². The lowest BCUT2D eigenvalue weighted by molar-refractivity contribution is -0.146. The van der Waals surface area contributed by atoms with Gasteiger partial charge in [0.05, 0.1) is 12.5 Å². The molecule has 0 radical (unpaired) electrons. The van der Waals surface area contributed by atoms with Crippen LogP contribution in [-0.2, 0) is 20.9 Å². The molecule has 0 bridgehead atoms. The second kappa shape index (κ2) is 9.26. The Labute approximate surface area is 170 Å². The number of aryl methyl sites for hydroxylation is 2. The highest BCUT2D eigenvalue weighted by molar-refractivity contribution is 7.99. The van der Waals surface area contributed by atoms with Crippen molar-refractivity contribution in [2.24, 2.45) is 0 Å². The fourth-order valence-corrected chi connectivity index (χ4v) is 4.19. The minimum Gasteiger partial charge on any atom is -0.364 e. The third-order valence-corrected chi connectivity index (χ3v) is 5.95. The summed E-state index contributed by atoms with van der Waals surface area (Å²) in [5.41, 5.74) is 4.07. The first kappa shape index (κ1) is 20.4. The number of thioether (sulfide) groups is 1. The van der Waals surface area contributed by atoms with Gasteiger partial charge in [0.1, 0.15) is 12.1 Å². The lowest BCUT2D eigenvalue weighted by atomic mass is 10.1. The lowest BCUT2D eigenvalue weighted by Gasteiger charge is -2.26. The van der Waals surface area contributed by atoms with Crippen molar-refractivity contribution in [3.05, 3.63) is 65.2 Å². The van der Waals surface area contributed by atoms with Crippen LogP contribution in [0.15, 0.2) is 48.5 Å². The SMILES string of the molecule is Cc1ccc(NC(=O)C2CSCN2C(=O)C(C)OCc2ccccc2)cc1C. The molecule has 1 fully saturated rings. The fourth-order valence-electron chi connectivity index (χ4n) is 3.02. The van der Waals surface area contributed by atoms with Crippen molar-refractivity contribution in [2.45, 2.75) is 39.5 Å². The molecular weight excluding hydrogens is 372 g/mol. The van der Waals surface area contributed by atoms with E-state index >= 15 is 0 Å². The number of nitrogens with zero attached hydrogens (tertiary/aromatic N) is 1. The van der Waals surface area contributed by atoms with Crippen molar-refractivity contribution in [3.63, 3.8) is 0 Å². The van der Waals surface area contributed by atoms with Gasteiger partial charge in [-0.3, -0.25) is 9.59 Å². The molecule has 1 aliphatic rings. The Balaban J connectivity index is 1.60. The summed E-state index contributed by atoms with van der Waals surface area (Å²) in [6.07, 6.45) is -0.601. The van der Waals surface area contributed by atoms with Gasteiger partial charge in [0.2, 0.25) is 5.91 Å². The molecule has 1 heterocycles. The first-order valence-electron chi connectivity index (χ1n) is 9.37. The van der Waals surface area contributed by atoms with Gasteiger partial charge >= 0.3 is 0 Å². The van der Waals surface area contributed by atoms with Gasteiger partial charge in [-0.1, -0.05) is 36.4 Å². The first-order chi connectivity index (χ1) is 13.5. The van der Waals surface area contributed by atoms with Gasteiger partial charge in [-0.2, -0.15) is 0 Å². The van der Waals surface area contributed by atoms with Crippen molar-refractivity contribution >= 4 is 29.3 Å². The molecule has 5 nitrogen and oxygen atoms in total. The molecule has 6 heteroatoms. The Hall–Kier alpha value is -2.31. The number of amides is 2. The van der Waals surface area contributed by atoms with Gasteiger partial charge in [-0.05, 0) is 49.6 Å². The van der Waals surface area contributed by atoms with E-state index in [-0.39, 0.29) is 11.8 Å². The maximum atomic E-state index is 12.8. The highest BCUT2D eigenvalue weighted by Crippen LogP contribution is 2.24. The van der Waals surface area contributed by atoms with Crippen molar-refractivity contribution in [1.82, 2.24) is 4.90 Å². The number of carbonyl (C=O) groups excluding carboxylic acids is 2. The first-order valence-corrected chi connectivity index (χ1v) is 10.5. The van der Waals surface area contributed by atoms with Crippen molar-refractivity contribution < 1.29 is 14.3 Å². The van der Waals surface area contributed by atoms with Gasteiger partial charge < -0.3 is 15.0 Å². The minimum absolute atomic E-state index is 0.152. The maximum Gasteiger partial charge on any atom is 0.252 e. The molecule has 0 saturated carbocycles. The number of carbonyl (C=O) groups is 2. The molecule has 0 aromatic heterocycles. The topological polar surface area (TPSA) is 58.6 Å². The molecule has 3 rings (SSSR count). The van der Waals surface area contributed by atoms with E-state index < -0.39 is 12.1 Å². The summed E-state index contributed by atoms with van der Waals surface area (Å²) >= 11 is 1.58. The summed E-state index contributed by atoms with van der Waals surface area (Å²) < 4.78 is 5.75. The third kappa shape index (κ3) is 4.94. The number of benzene rings is 2. The molecule has 2 amide bonds. The van der Waals surface area contributed by atoms with Crippen molar-refractivity contribution in [1.29, 1.82) is 0 Å². The predicted octanol–water partition coefficient (Wildman–Crippen LogP) is 3.75. The number of anilines is 1. The Morgan fingerprint density at radius 1 is 1.18 bits per heavy atom. The molecule has 0 aliphatic carbocycles. The molecule has 28 heavy (non-hydrogen) atoms. The molecule has 1 saturated heterocycles. The molecular formula is C22H26N2O3S. The number of hydrogen-bond donors (Lipinski definition) is 1. The van der Waals surface area contributed by atoms with Gasteiger partial charge in [0.15, 0.2) is 0 Å². The van der Waals surface area contributed by atoms with Gasteiger partial charge in [-0.25, -0.2) is 0 Å². The van der Waals surface area contributed by atoms with Crippen LogP contribution in [0, 0.1) is 13.8 Å². The zero-order valence-electron chi connectivity index (χ0n) is 16.5. The Bertz CT molecular complexity index is 841. The molecule has 148 valence electrons. The van der Waals surface area contributed by atoms with Gasteiger partial charge in [0.25, 0.3) is 5.91 Å². The highest BCUT2D eigenvalue weighted by Gasteiger charge is 2.36. The normalized spacial score (nSPS) is 17.4. The van der Waals surface area contributed by atoms with Crippen LogP contribution in [-0.4, -0.2) is 40.5 Å². The molecule has 0 spiro atoms. The number of hydrogen-bond acceptors (Lipinski definition) is 4. The molecule has 2 aromatic carbocycles. The Morgan fingerprint density at radius 2 is 1.93 bits per heavy atom. The van der Waals surface area contributed by atoms with Crippen LogP contribution in [0.5, 0.6) is 0 Å². The quantitative estimate of drug-likeness (QED) is 0.805. The summed E-state index contributed by atoms with van der Waals surface area (Å²) in [5, 5.41) is 2.95. The van der Waals surface area contributed by atoms with Gasteiger partial charge in [0, 0.05) is 11.4 Å². The fraction of sp³-hybridized carbons (Fsp3) is 0.364. The second-order valence-corrected chi connectivity index (χ2v) is 8.05. The van der Waals surface area contributed by atoms with E-state index in [4.69, 9.17) is 4.74 Å². The van der Waals surface area contributed by atoms with E-state index in [0.29, 0.717) is 18.2 Å². The summed E-state index contributed by atoms with van der Waals surface area (Å²) in [7, 11) is 0. The second-order valence-electron chi connectivity index (χ2n) is 7.05. The zero-order valence-corrected chi connectivity index (χ0v) is 17.3. The predicted molar refractivity (Wildman–Crippen MR) is 113 cm³/mol. The summed E-state index contributed by atoms with van der Waals surface area (Å²) in [4.78, 5) is 27.2. The van der Waals surface area contributed by atoms with Crippen LogP contribution < -0.4 is 5.32 Å². The monoisotopic (exact) mass is 398 g/mol. The zero-order chi connectivity index (χ0) is 20.1. The van der Waals surface area contributed by atoms with E-state index in [2.05, 4.69) is 5.32 Å². The van der Waals surface area contributed by atoms with Crippen LogP contribution in [0.3, 0.4) is 0 Å². The third-order valence-electron chi connectivity index (χ3n) is 4.93. The largest absolute Gasteiger partial charge is 0.364 e. The average Bonchev–Trinajstić information content (AvgIpc) is 3.19. The van der Waals surface area contributed by atoms with E-state index in [1.165, 1.54) is 5.56 Å². The van der Waals surface area contributed by atoms with Crippen molar-refractivity contribution in [3.8, 4) is 0 Å². The molecule has 2 unspecified atom stereocenters. The smallest absolute Gasteiger partial charge is 0.252 e. The minimum atomic E-state index is -0.601. The molecule has 1 aliphatic heterocycles. The summed E-state index contributed by atoms with van der Waals surface area (Å²) in [6.45, 7) is 6.16. The van der Waals surface area contributed by atoms with Crippen LogP contribution in [0.2, 0.25) is 0 Å². The Morgan fingerprint density at radius 3 is 2.64 bits per heavy atom. The van der Waals surface area contributed by atoms with Crippen LogP contribution in [0.1, 0.15) is 23.6 Å². The lowest BCUT2D eigenvalue weighted by Crippen LogP contribution is -2.48. The van der Waals surface area contributed by atoms with E-state index in [9.17, 15) is 9.59 Å². The van der Waals surface area contributed by atoms with E-state index in [0.717, 1.165) is 16.8 Å². The number of nitrogens with one attached hydrogen (secondary N) is 1. The number of ether oxygens (including phenoxy) is 1. The highest BCUT2D eigenvalue weighted by atomic mass is 32.2. The summed E-state index contributed by atoms with van der Waals surface area (Å²) in [5.74, 6) is 0.787. The van der Waals surface area contributed by atoms with Gasteiger partial charge in [-0.15, -0.1) is 11.8 Å². The number of rotatable bonds is 6. The standard InChI is InChI=1S/C22H26N2O3S/c1-15-9-10-19(11-16(15)2)23-21(25)20-13-28-14-24(20)22(26)17(3)27-12-18-7-5-4-6-8-18/h4-11,17,20H,12-14H2,1-3H3,(H,23,25). The molecule has 2 aromatic rings. The van der Waals surface area contributed by atoms with Crippen molar-refractivity contribution in [2.75, 3.05) is 16.9 Å². The average molecular weight is 399 g/mol. The van der Waals surface area contributed by atoms with Crippen LogP contribution in [0.25, 0.3) is 0 Å². The Kier molecular flexibility index (Phi) is 6.75. The molecule has 2 atom stereocenters. The van der Waals surface area contributed by atoms with Crippen LogP contribution in [0.4, 0.5) is 5.69 Å².